The van der Waals surface area contributed by atoms with E-state index in [1.54, 1.807) is 33.4 Å². The van der Waals surface area contributed by atoms with Crippen molar-refractivity contribution in [1.82, 2.24) is 14.0 Å². The molecule has 0 aliphatic carbocycles. The molecule has 0 bridgehead atoms. The van der Waals surface area contributed by atoms with E-state index in [2.05, 4.69) is 0 Å². The number of fused-ring (bicyclic) bond motifs is 1. The van der Waals surface area contributed by atoms with E-state index in [1.165, 1.54) is 0 Å². The Balaban J connectivity index is 1.75. The number of benzene rings is 1. The molecule has 2 heterocycles. The van der Waals surface area contributed by atoms with Crippen molar-refractivity contribution < 1.29 is 9.21 Å². The Morgan fingerprint density at radius 2 is 1.83 bits per heavy atom. The molecule has 24 heavy (non-hydrogen) atoms. The van der Waals surface area contributed by atoms with Crippen LogP contribution in [0.1, 0.15) is 19.1 Å². The molecular formula is C18H21N3O3. The smallest absolute Gasteiger partial charge is 0.329 e. The van der Waals surface area contributed by atoms with Crippen LogP contribution >= 0.6 is 0 Å². The molecule has 1 amide bonds. The maximum Gasteiger partial charge on any atom is 0.329 e. The van der Waals surface area contributed by atoms with Gasteiger partial charge < -0.3 is 9.32 Å². The minimum atomic E-state index is -0.0693. The van der Waals surface area contributed by atoms with Crippen molar-refractivity contribution in [3.05, 3.63) is 58.9 Å². The zero-order valence-corrected chi connectivity index (χ0v) is 13.9. The molecule has 0 saturated heterocycles. The molecule has 0 unspecified atom stereocenters. The van der Waals surface area contributed by atoms with Gasteiger partial charge in [-0.2, -0.15) is 0 Å². The van der Waals surface area contributed by atoms with Crippen molar-refractivity contribution in [2.45, 2.75) is 33.0 Å². The van der Waals surface area contributed by atoms with E-state index < -0.39 is 0 Å². The number of rotatable bonds is 6. The van der Waals surface area contributed by atoms with Gasteiger partial charge in [-0.15, -0.1) is 0 Å². The summed E-state index contributed by atoms with van der Waals surface area (Å²) in [5, 5.41) is 0. The van der Waals surface area contributed by atoms with Crippen LogP contribution in [0.25, 0.3) is 11.0 Å². The van der Waals surface area contributed by atoms with Gasteiger partial charge >= 0.3 is 5.69 Å². The Kier molecular flexibility index (Phi) is 4.55. The van der Waals surface area contributed by atoms with Gasteiger partial charge in [0.05, 0.1) is 23.8 Å². The van der Waals surface area contributed by atoms with E-state index >= 15 is 0 Å². The zero-order valence-electron chi connectivity index (χ0n) is 13.9. The fourth-order valence-electron chi connectivity index (χ4n) is 2.92. The molecule has 0 radical (unpaired) electrons. The van der Waals surface area contributed by atoms with Crippen molar-refractivity contribution in [3.8, 4) is 0 Å². The van der Waals surface area contributed by atoms with Crippen molar-refractivity contribution >= 4 is 16.9 Å². The number of para-hydroxylation sites is 2. The van der Waals surface area contributed by atoms with Crippen molar-refractivity contribution in [1.29, 1.82) is 0 Å². The Morgan fingerprint density at radius 3 is 2.46 bits per heavy atom. The molecule has 6 nitrogen and oxygen atoms in total. The molecule has 0 spiro atoms. The third-order valence-corrected chi connectivity index (χ3v) is 4.19. The Hall–Kier alpha value is -2.76. The van der Waals surface area contributed by atoms with Gasteiger partial charge in [0, 0.05) is 26.6 Å². The number of carbonyl (C=O) groups is 1. The van der Waals surface area contributed by atoms with Crippen molar-refractivity contribution in [2.24, 2.45) is 0 Å². The minimum Gasteiger partial charge on any atom is -0.467 e. The fourth-order valence-corrected chi connectivity index (χ4v) is 2.92. The number of hydrogen-bond donors (Lipinski definition) is 0. The lowest BCUT2D eigenvalue weighted by Gasteiger charge is -2.15. The molecule has 0 saturated carbocycles. The first-order chi connectivity index (χ1) is 11.6. The number of amides is 1. The predicted octanol–water partition coefficient (Wildman–Crippen LogP) is 2.46. The second-order valence-corrected chi connectivity index (χ2v) is 5.75. The summed E-state index contributed by atoms with van der Waals surface area (Å²) in [5.74, 6) is 0.720. The summed E-state index contributed by atoms with van der Waals surface area (Å²) in [4.78, 5) is 26.5. The molecular weight excluding hydrogens is 306 g/mol. The number of imidazole rings is 1. The van der Waals surface area contributed by atoms with Crippen LogP contribution in [0.4, 0.5) is 0 Å². The van der Waals surface area contributed by atoms with Crippen LogP contribution in [-0.4, -0.2) is 27.0 Å². The first-order valence-electron chi connectivity index (χ1n) is 8.06. The molecule has 0 aliphatic heterocycles. The van der Waals surface area contributed by atoms with Gasteiger partial charge in [0.1, 0.15) is 5.76 Å². The highest BCUT2D eigenvalue weighted by molar-refractivity contribution is 5.78. The molecule has 126 valence electrons. The summed E-state index contributed by atoms with van der Waals surface area (Å²) in [7, 11) is 1.74. The lowest BCUT2D eigenvalue weighted by atomic mass is 10.3. The van der Waals surface area contributed by atoms with Crippen LogP contribution in [0.15, 0.2) is 51.9 Å². The van der Waals surface area contributed by atoms with E-state index in [0.717, 1.165) is 16.8 Å². The third kappa shape index (κ3) is 2.99. The maximum absolute atomic E-state index is 12.5. The highest BCUT2D eigenvalue weighted by atomic mass is 16.3. The molecule has 3 rings (SSSR count). The summed E-state index contributed by atoms with van der Waals surface area (Å²) in [6.07, 6.45) is 1.86. The quantitative estimate of drug-likeness (QED) is 0.699. The van der Waals surface area contributed by atoms with Crippen LogP contribution in [0.3, 0.4) is 0 Å². The van der Waals surface area contributed by atoms with E-state index in [0.29, 0.717) is 19.6 Å². The van der Waals surface area contributed by atoms with Gasteiger partial charge in [-0.05, 0) is 31.2 Å². The predicted molar refractivity (Wildman–Crippen MR) is 91.7 cm³/mol. The lowest BCUT2D eigenvalue weighted by molar-refractivity contribution is -0.130. The summed E-state index contributed by atoms with van der Waals surface area (Å²) < 4.78 is 8.67. The van der Waals surface area contributed by atoms with Crippen LogP contribution in [0, 0.1) is 0 Å². The number of aryl methyl sites for hydroxylation is 2. The third-order valence-electron chi connectivity index (χ3n) is 4.19. The van der Waals surface area contributed by atoms with Crippen LogP contribution in [0.5, 0.6) is 0 Å². The van der Waals surface area contributed by atoms with Crippen LogP contribution in [0.2, 0.25) is 0 Å². The standard InChI is InChI=1S/C18H21N3O3/c1-3-20-15-8-4-5-9-16(15)21(18(20)23)11-10-17(22)19(2)13-14-7-6-12-24-14/h4-9,12H,3,10-11,13H2,1-2H3. The summed E-state index contributed by atoms with van der Waals surface area (Å²) in [6, 6.07) is 11.3. The number of hydrogen-bond acceptors (Lipinski definition) is 3. The van der Waals surface area contributed by atoms with Crippen molar-refractivity contribution in [2.75, 3.05) is 7.05 Å². The van der Waals surface area contributed by atoms with Gasteiger partial charge in [-0.3, -0.25) is 13.9 Å². The first kappa shape index (κ1) is 16.1. The molecule has 6 heteroatoms. The second-order valence-electron chi connectivity index (χ2n) is 5.75. The van der Waals surface area contributed by atoms with E-state index in [-0.39, 0.29) is 18.0 Å². The highest BCUT2D eigenvalue weighted by Gasteiger charge is 2.15. The van der Waals surface area contributed by atoms with Crippen molar-refractivity contribution in [3.63, 3.8) is 0 Å². The van der Waals surface area contributed by atoms with Crippen LogP contribution < -0.4 is 5.69 Å². The Bertz CT molecular complexity index is 890. The largest absolute Gasteiger partial charge is 0.467 e. The van der Waals surface area contributed by atoms with E-state index in [9.17, 15) is 9.59 Å². The lowest BCUT2D eigenvalue weighted by Crippen LogP contribution is -2.29. The number of nitrogens with zero attached hydrogens (tertiary/aromatic N) is 3. The fraction of sp³-hybridized carbons (Fsp3) is 0.333. The van der Waals surface area contributed by atoms with Crippen LogP contribution in [-0.2, 0) is 24.4 Å². The van der Waals surface area contributed by atoms with E-state index in [4.69, 9.17) is 4.42 Å². The summed E-state index contributed by atoms with van der Waals surface area (Å²) >= 11 is 0. The van der Waals surface area contributed by atoms with Gasteiger partial charge in [0.25, 0.3) is 0 Å². The SMILES string of the molecule is CCn1c(=O)n(CCC(=O)N(C)Cc2ccco2)c2ccccc21. The number of furan rings is 1. The molecule has 1 aromatic carbocycles. The topological polar surface area (TPSA) is 60.4 Å². The van der Waals surface area contributed by atoms with Gasteiger partial charge in [0.15, 0.2) is 0 Å². The highest BCUT2D eigenvalue weighted by Crippen LogP contribution is 2.13. The summed E-state index contributed by atoms with van der Waals surface area (Å²) in [5.41, 5.74) is 1.70. The molecule has 0 fully saturated rings. The number of carbonyl (C=O) groups excluding carboxylic acids is 1. The summed E-state index contributed by atoms with van der Waals surface area (Å²) in [6.45, 7) is 3.35. The zero-order chi connectivity index (χ0) is 17.1. The van der Waals surface area contributed by atoms with Gasteiger partial charge in [0.2, 0.25) is 5.91 Å². The molecule has 0 aliphatic rings. The van der Waals surface area contributed by atoms with Gasteiger partial charge in [-0.25, -0.2) is 4.79 Å². The molecule has 2 aromatic heterocycles. The molecule has 3 aromatic rings. The normalized spacial score (nSPS) is 11.1. The van der Waals surface area contributed by atoms with Gasteiger partial charge in [-0.1, -0.05) is 12.1 Å². The molecule has 0 atom stereocenters. The average Bonchev–Trinajstić information content (AvgIpc) is 3.18. The van der Waals surface area contributed by atoms with E-state index in [1.807, 2.05) is 37.3 Å². The maximum atomic E-state index is 12.5. The Morgan fingerprint density at radius 1 is 1.12 bits per heavy atom. The average molecular weight is 327 g/mol. The second kappa shape index (κ2) is 6.78. The Labute approximate surface area is 139 Å². The monoisotopic (exact) mass is 327 g/mol. The first-order valence-corrected chi connectivity index (χ1v) is 8.06. The minimum absolute atomic E-state index is 0.0216. The molecule has 0 N–H and O–H groups in total. The number of aromatic nitrogens is 2.